The van der Waals surface area contributed by atoms with E-state index in [1.165, 1.54) is 12.1 Å². The van der Waals surface area contributed by atoms with Crippen LogP contribution in [-0.4, -0.2) is 129 Å². The van der Waals surface area contributed by atoms with Gasteiger partial charge in [0.2, 0.25) is 0 Å². The quantitative estimate of drug-likeness (QED) is 0.0145. The van der Waals surface area contributed by atoms with Crippen LogP contribution in [0.1, 0.15) is 92.7 Å². The largest absolute Gasteiger partial charge is 0.497 e. The van der Waals surface area contributed by atoms with E-state index in [-0.39, 0.29) is 23.3 Å². The first-order valence-corrected chi connectivity index (χ1v) is 27.0. The van der Waals surface area contributed by atoms with Crippen LogP contribution in [0, 0.1) is 0 Å². The first-order valence-electron chi connectivity index (χ1n) is 27.0. The molecule has 10 atom stereocenters. The third kappa shape index (κ3) is 14.8. The predicted octanol–water partition coefficient (Wildman–Crippen LogP) is 9.17. The summed E-state index contributed by atoms with van der Waals surface area (Å²) >= 11 is 0. The van der Waals surface area contributed by atoms with Crippen molar-refractivity contribution in [3.8, 4) is 11.5 Å². The highest BCUT2D eigenvalue weighted by atomic mass is 16.8. The molecule has 0 amide bonds. The van der Waals surface area contributed by atoms with Crippen molar-refractivity contribution in [3.05, 3.63) is 216 Å². The van der Waals surface area contributed by atoms with Crippen LogP contribution in [0.5, 0.6) is 11.5 Å². The normalized spacial score (nSPS) is 22.8. The fraction of sp³-hybridized carbons (Fsp3) is 0.359. The second-order valence-electron chi connectivity index (χ2n) is 19.5. The van der Waals surface area contributed by atoms with Crippen LogP contribution >= 0.6 is 0 Å². The van der Waals surface area contributed by atoms with E-state index in [2.05, 4.69) is 6.58 Å². The number of rotatable bonds is 27. The number of hydrogen-bond acceptors (Lipinski definition) is 16. The first kappa shape index (κ1) is 58.9. The SMILES string of the molecule is C=CCCCCCCCCO[C@H]1O[C@H](COC(=O)c2ccccc2)[C@@H](O[C@@H]2O[C@H](COC(c3ccccc3)(c3ccc(OC)cc3)c3ccc(OC)cc3)[C@H](O)[C@H](O)[C@H]2O)[C@H](OC(=O)c2ccccc2)[C@@H]1OC(=O)c1ccccc1. The van der Waals surface area contributed by atoms with Crippen molar-refractivity contribution < 1.29 is 77.1 Å². The van der Waals surface area contributed by atoms with Gasteiger partial charge in [-0.3, -0.25) is 0 Å². The Labute approximate surface area is 466 Å². The van der Waals surface area contributed by atoms with Crippen molar-refractivity contribution in [2.45, 2.75) is 112 Å². The Balaban J connectivity index is 1.16. The predicted molar refractivity (Wildman–Crippen MR) is 295 cm³/mol. The molecule has 0 spiro atoms. The standard InChI is InChI=1S/C64H70O16/c1-4-5-6-7-8-9-10-23-40-73-63-58(79-61(70)45-28-19-13-20-29-45)57(78-60(69)44-26-17-12-18-27-44)56(52(77-63)41-74-59(68)43-24-15-11-16-25-43)80-62-55(67)54(66)53(65)51(76-62)42-75-64(46-30-21-14-22-31-46,47-32-36-49(71-2)37-33-47)48-34-38-50(72-3)39-35-48/h4,11-22,24-39,51-58,62-63,65-67H,1,5-10,23,40-42H2,2-3H3/t51-,52-,53+,54+,55-,56-,57+,58+,62+,63+/m1/s1. The van der Waals surface area contributed by atoms with E-state index in [1.54, 1.807) is 117 Å². The Kier molecular flexibility index (Phi) is 21.6. The lowest BCUT2D eigenvalue weighted by Gasteiger charge is -2.48. The van der Waals surface area contributed by atoms with Crippen LogP contribution in [0.25, 0.3) is 0 Å². The average Bonchev–Trinajstić information content (AvgIpc) is 3.52. The third-order valence-corrected chi connectivity index (χ3v) is 14.2. The minimum atomic E-state index is -1.96. The lowest BCUT2D eigenvalue weighted by molar-refractivity contribution is -0.359. The van der Waals surface area contributed by atoms with E-state index in [0.717, 1.165) is 38.5 Å². The van der Waals surface area contributed by atoms with Gasteiger partial charge in [-0.2, -0.15) is 0 Å². The zero-order valence-electron chi connectivity index (χ0n) is 44.9. The minimum Gasteiger partial charge on any atom is -0.497 e. The summed E-state index contributed by atoms with van der Waals surface area (Å²) in [6, 6.07) is 48.5. The molecule has 3 N–H and O–H groups in total. The molecule has 16 nitrogen and oxygen atoms in total. The van der Waals surface area contributed by atoms with Crippen LogP contribution in [0.2, 0.25) is 0 Å². The van der Waals surface area contributed by atoms with Crippen LogP contribution in [0.3, 0.4) is 0 Å². The van der Waals surface area contributed by atoms with Gasteiger partial charge < -0.3 is 62.7 Å². The molecule has 2 aliphatic heterocycles. The number of aliphatic hydroxyl groups is 3. The van der Waals surface area contributed by atoms with Crippen molar-refractivity contribution in [1.82, 2.24) is 0 Å². The fourth-order valence-electron chi connectivity index (χ4n) is 9.82. The maximum absolute atomic E-state index is 14.4. The molecule has 6 aromatic rings. The highest BCUT2D eigenvalue weighted by Gasteiger charge is 2.55. The molecule has 16 heteroatoms. The van der Waals surface area contributed by atoms with E-state index in [4.69, 9.17) is 47.4 Å². The maximum Gasteiger partial charge on any atom is 0.338 e. The Morgan fingerprint density at radius 1 is 0.500 bits per heavy atom. The topological polar surface area (TPSA) is 204 Å². The molecule has 0 saturated carbocycles. The van der Waals surface area contributed by atoms with E-state index in [1.807, 2.05) is 60.7 Å². The number of unbranched alkanes of at least 4 members (excludes halogenated alkanes) is 6. The Morgan fingerprint density at radius 2 is 0.963 bits per heavy atom. The summed E-state index contributed by atoms with van der Waals surface area (Å²) in [5.74, 6) is -1.21. The molecule has 0 aromatic heterocycles. The summed E-state index contributed by atoms with van der Waals surface area (Å²) in [6.45, 7) is 2.96. The minimum absolute atomic E-state index is 0.129. The number of ether oxygens (including phenoxy) is 10. The Hall–Kier alpha value is -7.25. The number of benzene rings is 6. The number of allylic oxidation sites excluding steroid dienone is 1. The number of esters is 3. The number of methoxy groups -OCH3 is 2. The van der Waals surface area contributed by atoms with Crippen LogP contribution in [-0.2, 0) is 43.5 Å². The summed E-state index contributed by atoms with van der Waals surface area (Å²) in [7, 11) is 3.13. The van der Waals surface area contributed by atoms with Gasteiger partial charge in [0.25, 0.3) is 0 Å². The van der Waals surface area contributed by atoms with Crippen LogP contribution in [0.15, 0.2) is 183 Å². The van der Waals surface area contributed by atoms with Crippen molar-refractivity contribution >= 4 is 17.9 Å². The number of hydrogen-bond donors (Lipinski definition) is 3. The second-order valence-corrected chi connectivity index (χ2v) is 19.5. The highest BCUT2D eigenvalue weighted by molar-refractivity contribution is 5.91. The zero-order chi connectivity index (χ0) is 56.3. The summed E-state index contributed by atoms with van der Waals surface area (Å²) in [4.78, 5) is 42.2. The van der Waals surface area contributed by atoms with Crippen LogP contribution < -0.4 is 9.47 Å². The summed E-state index contributed by atoms with van der Waals surface area (Å²) in [5.41, 5.74) is 1.13. The molecule has 0 bridgehead atoms. The van der Waals surface area contributed by atoms with E-state index in [9.17, 15) is 29.7 Å². The number of carbonyl (C=O) groups is 3. The average molecular weight is 1100 g/mol. The van der Waals surface area contributed by atoms with Gasteiger partial charge in [0.05, 0.1) is 37.5 Å². The van der Waals surface area contributed by atoms with Gasteiger partial charge in [-0.25, -0.2) is 14.4 Å². The van der Waals surface area contributed by atoms with Gasteiger partial charge in [-0.1, -0.05) is 141 Å². The highest BCUT2D eigenvalue weighted by Crippen LogP contribution is 2.43. The van der Waals surface area contributed by atoms with Gasteiger partial charge in [0.15, 0.2) is 24.8 Å². The number of carbonyl (C=O) groups excluding carboxylic acids is 3. The van der Waals surface area contributed by atoms with E-state index in [0.29, 0.717) is 34.6 Å². The third-order valence-electron chi connectivity index (χ3n) is 14.2. The Bertz CT molecular complexity index is 2790. The summed E-state index contributed by atoms with van der Waals surface area (Å²) in [5, 5.41) is 35.5. The van der Waals surface area contributed by atoms with Gasteiger partial charge in [-0.05, 0) is 96.6 Å². The zero-order valence-corrected chi connectivity index (χ0v) is 44.9. The molecule has 2 aliphatic rings. The molecule has 0 radical (unpaired) electrons. The summed E-state index contributed by atoms with van der Waals surface area (Å²) in [6.07, 6.45) is -8.26. The van der Waals surface area contributed by atoms with Crippen molar-refractivity contribution in [3.63, 3.8) is 0 Å². The fourth-order valence-corrected chi connectivity index (χ4v) is 9.82. The van der Waals surface area contributed by atoms with E-state index >= 15 is 0 Å². The molecule has 2 heterocycles. The van der Waals surface area contributed by atoms with Gasteiger partial charge >= 0.3 is 17.9 Å². The lowest BCUT2D eigenvalue weighted by Crippen LogP contribution is -2.66. The smallest absolute Gasteiger partial charge is 0.338 e. The van der Waals surface area contributed by atoms with E-state index < -0.39 is 98.1 Å². The lowest BCUT2D eigenvalue weighted by atomic mass is 9.80. The monoisotopic (exact) mass is 1090 g/mol. The Morgan fingerprint density at radius 3 is 1.49 bits per heavy atom. The molecular weight excluding hydrogens is 1020 g/mol. The first-order chi connectivity index (χ1) is 39.0. The van der Waals surface area contributed by atoms with Crippen LogP contribution in [0.4, 0.5) is 0 Å². The molecule has 422 valence electrons. The molecule has 8 rings (SSSR count). The summed E-state index contributed by atoms with van der Waals surface area (Å²) < 4.78 is 62.9. The molecule has 80 heavy (non-hydrogen) atoms. The maximum atomic E-state index is 14.4. The van der Waals surface area contributed by atoms with Crippen molar-refractivity contribution in [1.29, 1.82) is 0 Å². The van der Waals surface area contributed by atoms with Crippen molar-refractivity contribution in [2.75, 3.05) is 34.0 Å². The molecular formula is C64H70O16. The molecule has 2 fully saturated rings. The van der Waals surface area contributed by atoms with Gasteiger partial charge in [-0.15, -0.1) is 6.58 Å². The molecule has 2 saturated heterocycles. The van der Waals surface area contributed by atoms with Crippen molar-refractivity contribution in [2.24, 2.45) is 0 Å². The second kappa shape index (κ2) is 29.3. The van der Waals surface area contributed by atoms with Gasteiger partial charge in [0.1, 0.15) is 60.3 Å². The molecule has 0 aliphatic carbocycles. The molecule has 0 unspecified atom stereocenters. The number of aliphatic hydroxyl groups excluding tert-OH is 3. The molecule has 6 aromatic carbocycles. The van der Waals surface area contributed by atoms with Gasteiger partial charge in [0, 0.05) is 6.61 Å².